The lowest BCUT2D eigenvalue weighted by atomic mass is 10.3. The summed E-state index contributed by atoms with van der Waals surface area (Å²) < 4.78 is 24.0. The number of nitrogens with one attached hydrogen (secondary N) is 1. The molecule has 0 bridgehead atoms. The molecule has 0 aliphatic carbocycles. The minimum atomic E-state index is -3.86. The van der Waals surface area contributed by atoms with Crippen LogP contribution in [-0.4, -0.2) is 26.6 Å². The van der Waals surface area contributed by atoms with Gasteiger partial charge in [-0.1, -0.05) is 11.6 Å². The van der Waals surface area contributed by atoms with Crippen LogP contribution in [0.1, 0.15) is 6.42 Å². The molecule has 0 spiro atoms. The van der Waals surface area contributed by atoms with Gasteiger partial charge in [-0.25, -0.2) is 8.42 Å². The molecule has 0 aliphatic heterocycles. The van der Waals surface area contributed by atoms with Gasteiger partial charge in [-0.05, 0) is 18.2 Å². The van der Waals surface area contributed by atoms with Crippen molar-refractivity contribution in [2.24, 2.45) is 0 Å². The van der Waals surface area contributed by atoms with E-state index in [-0.39, 0.29) is 28.6 Å². The number of benzene rings is 1. The predicted molar refractivity (Wildman–Crippen MR) is 71.2 cm³/mol. The number of carbonyl (C=O) groups is 1. The van der Waals surface area contributed by atoms with E-state index in [2.05, 4.69) is 5.32 Å². The van der Waals surface area contributed by atoms with Crippen molar-refractivity contribution in [1.29, 1.82) is 5.26 Å². The van der Waals surface area contributed by atoms with E-state index >= 15 is 0 Å². The molecule has 1 aromatic rings. The largest absolute Gasteiger partial charge is 0.399 e. The third kappa shape index (κ3) is 4.43. The summed E-state index contributed by atoms with van der Waals surface area (Å²) in [5.41, 5.74) is 5.74. The number of rotatable bonds is 5. The highest BCUT2D eigenvalue weighted by molar-refractivity contribution is 7.92. The number of sulfone groups is 1. The lowest BCUT2D eigenvalue weighted by molar-refractivity contribution is -0.118. The second kappa shape index (κ2) is 6.41. The average Bonchev–Trinajstić information content (AvgIpc) is 2.32. The summed E-state index contributed by atoms with van der Waals surface area (Å²) in [4.78, 5) is 11.3. The van der Waals surface area contributed by atoms with Crippen molar-refractivity contribution < 1.29 is 13.2 Å². The average molecular weight is 302 g/mol. The fourth-order valence-electron chi connectivity index (χ4n) is 1.32. The van der Waals surface area contributed by atoms with Crippen molar-refractivity contribution >= 4 is 33.0 Å². The van der Waals surface area contributed by atoms with E-state index in [0.717, 1.165) is 0 Å². The van der Waals surface area contributed by atoms with E-state index in [1.165, 1.54) is 18.2 Å². The number of nitrogen functional groups attached to an aromatic ring is 1. The summed E-state index contributed by atoms with van der Waals surface area (Å²) in [6.07, 6.45) is 0.116. The quantitative estimate of drug-likeness (QED) is 0.614. The smallest absolute Gasteiger partial charge is 0.235 e. The molecule has 0 saturated heterocycles. The highest BCUT2D eigenvalue weighted by Gasteiger charge is 2.22. The Labute approximate surface area is 116 Å². The molecule has 0 saturated carbocycles. The zero-order chi connectivity index (χ0) is 14.5. The maximum atomic E-state index is 12.0. The van der Waals surface area contributed by atoms with Crippen LogP contribution in [0.4, 0.5) is 5.69 Å². The monoisotopic (exact) mass is 301 g/mol. The Bertz CT molecular complexity index is 623. The van der Waals surface area contributed by atoms with Gasteiger partial charge in [0.2, 0.25) is 5.91 Å². The Morgan fingerprint density at radius 2 is 2.16 bits per heavy atom. The van der Waals surface area contributed by atoms with Crippen LogP contribution >= 0.6 is 11.6 Å². The van der Waals surface area contributed by atoms with Crippen molar-refractivity contribution in [1.82, 2.24) is 5.32 Å². The van der Waals surface area contributed by atoms with Crippen molar-refractivity contribution in [3.05, 3.63) is 23.2 Å². The highest BCUT2D eigenvalue weighted by Crippen LogP contribution is 2.24. The number of halogens is 1. The first-order chi connectivity index (χ1) is 8.86. The SMILES string of the molecule is N#CCCNC(=O)CS(=O)(=O)c1cc(N)ccc1Cl. The summed E-state index contributed by atoms with van der Waals surface area (Å²) in [5.74, 6) is -1.42. The van der Waals surface area contributed by atoms with Crippen molar-refractivity contribution in [3.63, 3.8) is 0 Å². The van der Waals surface area contributed by atoms with E-state index in [1.807, 2.05) is 6.07 Å². The first kappa shape index (κ1) is 15.3. The van der Waals surface area contributed by atoms with E-state index in [1.54, 1.807) is 0 Å². The first-order valence-corrected chi connectivity index (χ1v) is 7.31. The number of nitrogens with zero attached hydrogens (tertiary/aromatic N) is 1. The lowest BCUT2D eigenvalue weighted by Gasteiger charge is -2.07. The standard InChI is InChI=1S/C11H12ClN3O3S/c12-9-3-2-8(14)6-10(9)19(17,18)7-11(16)15-5-1-4-13/h2-3,6H,1,5,7,14H2,(H,15,16). The van der Waals surface area contributed by atoms with Crippen LogP contribution in [0.15, 0.2) is 23.1 Å². The normalized spacial score (nSPS) is 10.7. The minimum Gasteiger partial charge on any atom is -0.399 e. The fourth-order valence-corrected chi connectivity index (χ4v) is 3.07. The molecule has 102 valence electrons. The van der Waals surface area contributed by atoms with E-state index in [9.17, 15) is 13.2 Å². The number of nitriles is 1. The molecular weight excluding hydrogens is 290 g/mol. The van der Waals surface area contributed by atoms with Crippen molar-refractivity contribution in [3.8, 4) is 6.07 Å². The number of nitrogens with two attached hydrogens (primary N) is 1. The third-order valence-corrected chi connectivity index (χ3v) is 4.26. The minimum absolute atomic E-state index is 0.0130. The molecule has 1 aromatic carbocycles. The summed E-state index contributed by atoms with van der Waals surface area (Å²) in [6.45, 7) is 0.107. The van der Waals surface area contributed by atoms with E-state index < -0.39 is 21.5 Å². The molecule has 0 fully saturated rings. The second-order valence-corrected chi connectivity index (χ2v) is 6.07. The summed E-state index contributed by atoms with van der Waals surface area (Å²) >= 11 is 5.78. The molecule has 0 atom stereocenters. The predicted octanol–water partition coefficient (Wildman–Crippen LogP) is 0.726. The van der Waals surface area contributed by atoms with Crippen LogP contribution < -0.4 is 11.1 Å². The van der Waals surface area contributed by atoms with Gasteiger partial charge in [-0.15, -0.1) is 0 Å². The molecule has 1 rings (SSSR count). The molecule has 0 aromatic heterocycles. The van der Waals surface area contributed by atoms with E-state index in [0.29, 0.717) is 0 Å². The lowest BCUT2D eigenvalue weighted by Crippen LogP contribution is -2.31. The molecule has 0 unspecified atom stereocenters. The van der Waals surface area contributed by atoms with Crippen LogP contribution in [-0.2, 0) is 14.6 Å². The van der Waals surface area contributed by atoms with Gasteiger partial charge in [-0.3, -0.25) is 4.79 Å². The number of amides is 1. The van der Waals surface area contributed by atoms with Crippen LogP contribution in [0.2, 0.25) is 5.02 Å². The van der Waals surface area contributed by atoms with Gasteiger partial charge in [0.05, 0.1) is 22.4 Å². The van der Waals surface area contributed by atoms with Gasteiger partial charge in [-0.2, -0.15) is 5.26 Å². The van der Waals surface area contributed by atoms with Gasteiger partial charge < -0.3 is 11.1 Å². The summed E-state index contributed by atoms with van der Waals surface area (Å²) in [6, 6.07) is 5.87. The Morgan fingerprint density at radius 3 is 2.79 bits per heavy atom. The van der Waals surface area contributed by atoms with Crippen LogP contribution in [0.25, 0.3) is 0 Å². The zero-order valence-electron chi connectivity index (χ0n) is 9.89. The van der Waals surface area contributed by atoms with E-state index in [4.69, 9.17) is 22.6 Å². The maximum Gasteiger partial charge on any atom is 0.235 e. The Kier molecular flexibility index (Phi) is 5.15. The molecule has 0 heterocycles. The number of hydrogen-bond donors (Lipinski definition) is 2. The molecule has 8 heteroatoms. The Balaban J connectivity index is 2.84. The molecule has 19 heavy (non-hydrogen) atoms. The molecule has 0 radical (unpaired) electrons. The molecule has 3 N–H and O–H groups in total. The maximum absolute atomic E-state index is 12.0. The molecule has 0 aliphatic rings. The van der Waals surface area contributed by atoms with Crippen LogP contribution in [0.5, 0.6) is 0 Å². The topological polar surface area (TPSA) is 113 Å². The zero-order valence-corrected chi connectivity index (χ0v) is 11.5. The van der Waals surface area contributed by atoms with Crippen LogP contribution in [0, 0.1) is 11.3 Å². The van der Waals surface area contributed by atoms with Crippen LogP contribution in [0.3, 0.4) is 0 Å². The fraction of sp³-hybridized carbons (Fsp3) is 0.273. The Hall–Kier alpha value is -1.78. The summed E-state index contributed by atoms with van der Waals surface area (Å²) in [5, 5.41) is 10.6. The molecular formula is C11H12ClN3O3S. The number of hydrogen-bond acceptors (Lipinski definition) is 5. The van der Waals surface area contributed by atoms with Gasteiger partial charge >= 0.3 is 0 Å². The van der Waals surface area contributed by atoms with Gasteiger partial charge in [0.1, 0.15) is 5.75 Å². The van der Waals surface area contributed by atoms with Gasteiger partial charge in [0, 0.05) is 12.2 Å². The first-order valence-electron chi connectivity index (χ1n) is 5.28. The molecule has 6 nitrogen and oxygen atoms in total. The number of anilines is 1. The second-order valence-electron chi connectivity index (χ2n) is 3.71. The van der Waals surface area contributed by atoms with Crippen molar-refractivity contribution in [2.45, 2.75) is 11.3 Å². The number of carbonyl (C=O) groups excluding carboxylic acids is 1. The molecule has 1 amide bonds. The summed E-state index contributed by atoms with van der Waals surface area (Å²) in [7, 11) is -3.86. The highest BCUT2D eigenvalue weighted by atomic mass is 35.5. The van der Waals surface area contributed by atoms with Gasteiger partial charge in [0.15, 0.2) is 9.84 Å². The third-order valence-electron chi connectivity index (χ3n) is 2.17. The van der Waals surface area contributed by atoms with Gasteiger partial charge in [0.25, 0.3) is 0 Å². The Morgan fingerprint density at radius 1 is 1.47 bits per heavy atom. The van der Waals surface area contributed by atoms with Crippen molar-refractivity contribution in [2.75, 3.05) is 18.0 Å².